The van der Waals surface area contributed by atoms with E-state index in [1.807, 2.05) is 17.4 Å². The first-order valence-corrected chi connectivity index (χ1v) is 9.95. The van der Waals surface area contributed by atoms with Gasteiger partial charge in [0.15, 0.2) is 5.11 Å². The molecule has 1 atom stereocenters. The van der Waals surface area contributed by atoms with Crippen molar-refractivity contribution in [2.45, 2.75) is 25.3 Å². The Hall–Kier alpha value is -1.43. The minimum absolute atomic E-state index is 0.432. The highest BCUT2D eigenvalue weighted by Gasteiger charge is 2.24. The van der Waals surface area contributed by atoms with Gasteiger partial charge in [-0.2, -0.15) is 0 Å². The summed E-state index contributed by atoms with van der Waals surface area (Å²) in [7, 11) is 0. The van der Waals surface area contributed by atoms with Gasteiger partial charge in [-0.05, 0) is 61.6 Å². The standard InChI is InChI=1S/C19H25N3S2/c23-19(20-11-10-16-7-2-1-3-8-16)21-15-17(18-9-6-14-24-18)22-12-4-5-13-22/h1-3,6-9,14,17H,4-5,10-13,15H2,(H2,20,21,23)/t17-/m0/s1. The Kier molecular flexibility index (Phi) is 6.64. The van der Waals surface area contributed by atoms with Gasteiger partial charge in [0.1, 0.15) is 0 Å². The lowest BCUT2D eigenvalue weighted by molar-refractivity contribution is 0.249. The van der Waals surface area contributed by atoms with E-state index >= 15 is 0 Å². The van der Waals surface area contributed by atoms with Gasteiger partial charge < -0.3 is 10.6 Å². The summed E-state index contributed by atoms with van der Waals surface area (Å²) in [5.41, 5.74) is 1.33. The van der Waals surface area contributed by atoms with Crippen molar-refractivity contribution in [3.05, 3.63) is 58.3 Å². The van der Waals surface area contributed by atoms with Gasteiger partial charge in [0.2, 0.25) is 0 Å². The zero-order chi connectivity index (χ0) is 16.6. The second kappa shape index (κ2) is 9.16. The first kappa shape index (κ1) is 17.4. The lowest BCUT2D eigenvalue weighted by Gasteiger charge is -2.27. The van der Waals surface area contributed by atoms with E-state index in [1.165, 1.54) is 36.4 Å². The van der Waals surface area contributed by atoms with E-state index in [-0.39, 0.29) is 0 Å². The molecule has 1 saturated heterocycles. The van der Waals surface area contributed by atoms with Gasteiger partial charge in [-0.3, -0.25) is 4.90 Å². The predicted octanol–water partition coefficient (Wildman–Crippen LogP) is 3.59. The quantitative estimate of drug-likeness (QED) is 0.739. The molecule has 128 valence electrons. The number of thiophene rings is 1. The largest absolute Gasteiger partial charge is 0.362 e. The van der Waals surface area contributed by atoms with Gasteiger partial charge in [-0.1, -0.05) is 36.4 Å². The number of benzene rings is 1. The van der Waals surface area contributed by atoms with Gasteiger partial charge in [0.25, 0.3) is 0 Å². The molecule has 0 aliphatic carbocycles. The molecule has 0 spiro atoms. The third-order valence-corrected chi connectivity index (χ3v) is 5.71. The van der Waals surface area contributed by atoms with Gasteiger partial charge in [-0.25, -0.2) is 0 Å². The second-order valence-electron chi connectivity index (χ2n) is 6.15. The van der Waals surface area contributed by atoms with Crippen molar-refractivity contribution in [1.82, 2.24) is 15.5 Å². The Morgan fingerprint density at radius 3 is 2.58 bits per heavy atom. The Morgan fingerprint density at radius 1 is 1.08 bits per heavy atom. The average Bonchev–Trinajstić information content (AvgIpc) is 3.30. The van der Waals surface area contributed by atoms with Crippen molar-refractivity contribution in [1.29, 1.82) is 0 Å². The third kappa shape index (κ3) is 5.03. The average molecular weight is 360 g/mol. The van der Waals surface area contributed by atoms with Crippen LogP contribution in [-0.2, 0) is 6.42 Å². The van der Waals surface area contributed by atoms with Crippen LogP contribution in [0.4, 0.5) is 0 Å². The molecule has 0 bridgehead atoms. The summed E-state index contributed by atoms with van der Waals surface area (Å²) >= 11 is 7.29. The van der Waals surface area contributed by atoms with Crippen LogP contribution in [0.2, 0.25) is 0 Å². The molecule has 3 nitrogen and oxygen atoms in total. The lowest BCUT2D eigenvalue weighted by Crippen LogP contribution is -2.41. The van der Waals surface area contributed by atoms with Gasteiger partial charge >= 0.3 is 0 Å². The summed E-state index contributed by atoms with van der Waals surface area (Å²) in [6.07, 6.45) is 3.60. The molecule has 1 aromatic carbocycles. The summed E-state index contributed by atoms with van der Waals surface area (Å²) in [5.74, 6) is 0. The van der Waals surface area contributed by atoms with Crippen molar-refractivity contribution in [2.24, 2.45) is 0 Å². The van der Waals surface area contributed by atoms with Crippen LogP contribution < -0.4 is 10.6 Å². The molecule has 24 heavy (non-hydrogen) atoms. The van der Waals surface area contributed by atoms with E-state index in [0.29, 0.717) is 6.04 Å². The Morgan fingerprint density at radius 2 is 1.88 bits per heavy atom. The molecule has 2 heterocycles. The minimum atomic E-state index is 0.432. The van der Waals surface area contributed by atoms with Crippen molar-refractivity contribution in [3.63, 3.8) is 0 Å². The van der Waals surface area contributed by atoms with Crippen LogP contribution in [0.3, 0.4) is 0 Å². The minimum Gasteiger partial charge on any atom is -0.362 e. The maximum Gasteiger partial charge on any atom is 0.166 e. The molecule has 0 radical (unpaired) electrons. The topological polar surface area (TPSA) is 27.3 Å². The molecule has 3 rings (SSSR count). The SMILES string of the molecule is S=C(NCCc1ccccc1)NC[C@@H](c1cccs1)N1CCCC1. The van der Waals surface area contributed by atoms with Crippen molar-refractivity contribution >= 4 is 28.7 Å². The van der Waals surface area contributed by atoms with Gasteiger partial charge in [0.05, 0.1) is 6.04 Å². The van der Waals surface area contributed by atoms with E-state index in [1.54, 1.807) is 0 Å². The monoisotopic (exact) mass is 359 g/mol. The first-order chi connectivity index (χ1) is 11.8. The van der Waals surface area contributed by atoms with Crippen molar-refractivity contribution in [2.75, 3.05) is 26.2 Å². The zero-order valence-electron chi connectivity index (χ0n) is 13.9. The summed E-state index contributed by atoms with van der Waals surface area (Å²) in [6, 6.07) is 15.3. The Balaban J connectivity index is 1.44. The zero-order valence-corrected chi connectivity index (χ0v) is 15.5. The summed E-state index contributed by atoms with van der Waals surface area (Å²) in [5, 5.41) is 9.66. The molecule has 2 N–H and O–H groups in total. The van der Waals surface area contributed by atoms with Crippen LogP contribution in [0, 0.1) is 0 Å². The fourth-order valence-electron chi connectivity index (χ4n) is 3.16. The highest BCUT2D eigenvalue weighted by molar-refractivity contribution is 7.80. The maximum absolute atomic E-state index is 5.45. The number of likely N-dealkylation sites (tertiary alicyclic amines) is 1. The molecule has 1 aliphatic heterocycles. The molecule has 0 saturated carbocycles. The number of hydrogen-bond acceptors (Lipinski definition) is 3. The molecule has 1 aromatic heterocycles. The van der Waals surface area contributed by atoms with Crippen molar-refractivity contribution < 1.29 is 0 Å². The second-order valence-corrected chi connectivity index (χ2v) is 7.53. The summed E-state index contributed by atoms with van der Waals surface area (Å²) in [4.78, 5) is 4.00. The number of hydrogen-bond donors (Lipinski definition) is 2. The van der Waals surface area contributed by atoms with Crippen LogP contribution in [0.5, 0.6) is 0 Å². The molecule has 1 aliphatic rings. The van der Waals surface area contributed by atoms with Crippen LogP contribution in [0.1, 0.15) is 29.3 Å². The number of nitrogens with zero attached hydrogens (tertiary/aromatic N) is 1. The predicted molar refractivity (Wildman–Crippen MR) is 107 cm³/mol. The van der Waals surface area contributed by atoms with Crippen LogP contribution in [0.25, 0.3) is 0 Å². The highest BCUT2D eigenvalue weighted by Crippen LogP contribution is 2.27. The molecule has 0 amide bonds. The Labute approximate surface area is 154 Å². The van der Waals surface area contributed by atoms with Gasteiger partial charge in [0, 0.05) is 18.0 Å². The smallest absolute Gasteiger partial charge is 0.166 e. The fourth-order valence-corrected chi connectivity index (χ4v) is 4.21. The molecular weight excluding hydrogens is 334 g/mol. The number of rotatable bonds is 7. The molecule has 5 heteroatoms. The molecule has 2 aromatic rings. The number of thiocarbonyl (C=S) groups is 1. The van der Waals surface area contributed by atoms with Crippen molar-refractivity contribution in [3.8, 4) is 0 Å². The van der Waals surface area contributed by atoms with Crippen LogP contribution >= 0.6 is 23.6 Å². The molecular formula is C19H25N3S2. The highest BCUT2D eigenvalue weighted by atomic mass is 32.1. The van der Waals surface area contributed by atoms with E-state index in [2.05, 4.69) is 57.3 Å². The summed E-state index contributed by atoms with van der Waals surface area (Å²) < 4.78 is 0. The normalized spacial score (nSPS) is 16.0. The Bertz CT molecular complexity index is 607. The van der Waals surface area contributed by atoms with Crippen LogP contribution in [-0.4, -0.2) is 36.2 Å². The van der Waals surface area contributed by atoms with Crippen LogP contribution in [0.15, 0.2) is 47.8 Å². The van der Waals surface area contributed by atoms with E-state index < -0.39 is 0 Å². The van der Waals surface area contributed by atoms with E-state index in [0.717, 1.165) is 24.6 Å². The van der Waals surface area contributed by atoms with E-state index in [9.17, 15) is 0 Å². The maximum atomic E-state index is 5.45. The summed E-state index contributed by atoms with van der Waals surface area (Å²) in [6.45, 7) is 4.12. The van der Waals surface area contributed by atoms with E-state index in [4.69, 9.17) is 12.2 Å². The molecule has 1 fully saturated rings. The van der Waals surface area contributed by atoms with Gasteiger partial charge in [-0.15, -0.1) is 11.3 Å². The fraction of sp³-hybridized carbons (Fsp3) is 0.421. The first-order valence-electron chi connectivity index (χ1n) is 8.66. The third-order valence-electron chi connectivity index (χ3n) is 4.45. The molecule has 0 unspecified atom stereocenters. The lowest BCUT2D eigenvalue weighted by atomic mass is 10.1. The number of nitrogens with one attached hydrogen (secondary N) is 2.